The highest BCUT2D eigenvalue weighted by molar-refractivity contribution is 6.04. The zero-order valence-corrected chi connectivity index (χ0v) is 20.7. The molecule has 3 aromatic rings. The van der Waals surface area contributed by atoms with Gasteiger partial charge in [0.25, 0.3) is 5.91 Å². The molecule has 1 saturated carbocycles. The van der Waals surface area contributed by atoms with Gasteiger partial charge in [-0.05, 0) is 85.2 Å². The summed E-state index contributed by atoms with van der Waals surface area (Å²) in [5.74, 6) is 0.625. The monoisotopic (exact) mass is 482 g/mol. The summed E-state index contributed by atoms with van der Waals surface area (Å²) in [4.78, 5) is 22.1. The van der Waals surface area contributed by atoms with E-state index in [0.717, 1.165) is 37.4 Å². The number of carbonyl (C=O) groups is 1. The number of pyridine rings is 1. The van der Waals surface area contributed by atoms with Gasteiger partial charge in [0, 0.05) is 61.6 Å². The number of aromatic nitrogens is 1. The van der Waals surface area contributed by atoms with Gasteiger partial charge in [0.2, 0.25) is 0 Å². The molecule has 186 valence electrons. The molecule has 2 atom stereocenters. The second kappa shape index (κ2) is 10.4. The van der Waals surface area contributed by atoms with Crippen LogP contribution in [0.15, 0.2) is 73.1 Å². The average Bonchev–Trinajstić information content (AvgIpc) is 3.45. The lowest BCUT2D eigenvalue weighted by molar-refractivity contribution is -0.00866. The number of nitrogens with zero attached hydrogens (tertiary/aromatic N) is 3. The molecule has 2 aliphatic heterocycles. The summed E-state index contributed by atoms with van der Waals surface area (Å²) >= 11 is 0. The normalized spacial score (nSPS) is 21.8. The molecular formula is C30H34N4O2. The Bertz CT molecular complexity index is 1160. The van der Waals surface area contributed by atoms with E-state index < -0.39 is 0 Å². The third-order valence-corrected chi connectivity index (χ3v) is 7.96. The quantitative estimate of drug-likeness (QED) is 0.483. The number of nitrogens with one attached hydrogen (secondary N) is 1. The van der Waals surface area contributed by atoms with Crippen molar-refractivity contribution >= 4 is 17.3 Å². The summed E-state index contributed by atoms with van der Waals surface area (Å²) < 4.78 is 5.86. The van der Waals surface area contributed by atoms with Crippen LogP contribution in [0.1, 0.15) is 47.2 Å². The number of hydrogen-bond acceptors (Lipinski definition) is 5. The van der Waals surface area contributed by atoms with Crippen molar-refractivity contribution in [2.24, 2.45) is 5.92 Å². The van der Waals surface area contributed by atoms with Crippen LogP contribution >= 0.6 is 0 Å². The molecular weight excluding hydrogens is 448 g/mol. The molecule has 36 heavy (non-hydrogen) atoms. The lowest BCUT2D eigenvalue weighted by atomic mass is 9.96. The van der Waals surface area contributed by atoms with Gasteiger partial charge < -0.3 is 15.0 Å². The molecule has 2 aromatic carbocycles. The molecule has 0 radical (unpaired) electrons. The number of benzene rings is 2. The fourth-order valence-corrected chi connectivity index (χ4v) is 5.69. The van der Waals surface area contributed by atoms with Crippen molar-refractivity contribution < 1.29 is 9.53 Å². The zero-order chi connectivity index (χ0) is 24.3. The van der Waals surface area contributed by atoms with Crippen molar-refractivity contribution in [1.29, 1.82) is 0 Å². The SMILES string of the molecule is O=C(Nc1ccc(N2CC[C@@H]3CN(Cc4cccnc4)C[C@@H]32)cc1)c1ccc(COC2CCC2)cc1. The zero-order valence-electron chi connectivity index (χ0n) is 20.7. The van der Waals surface area contributed by atoms with Gasteiger partial charge in [-0.25, -0.2) is 0 Å². The first kappa shape index (κ1) is 23.2. The highest BCUT2D eigenvalue weighted by atomic mass is 16.5. The van der Waals surface area contributed by atoms with E-state index in [1.165, 1.54) is 36.9 Å². The maximum Gasteiger partial charge on any atom is 0.255 e. The van der Waals surface area contributed by atoms with E-state index in [-0.39, 0.29) is 5.91 Å². The minimum absolute atomic E-state index is 0.0858. The molecule has 3 aliphatic rings. The Morgan fingerprint density at radius 1 is 0.972 bits per heavy atom. The maximum atomic E-state index is 12.8. The number of ether oxygens (including phenoxy) is 1. The van der Waals surface area contributed by atoms with E-state index in [2.05, 4.69) is 38.3 Å². The molecule has 0 spiro atoms. The van der Waals surface area contributed by atoms with Gasteiger partial charge in [-0.15, -0.1) is 0 Å². The van der Waals surface area contributed by atoms with Crippen molar-refractivity contribution in [3.8, 4) is 0 Å². The third-order valence-electron chi connectivity index (χ3n) is 7.96. The largest absolute Gasteiger partial charge is 0.374 e. The standard InChI is InChI=1S/C30H34N4O2/c35-30(24-8-6-22(7-9-24)21-36-28-4-1-5-28)32-26-10-12-27(13-11-26)34-16-14-25-19-33(20-29(25)34)18-23-3-2-15-31-17-23/h2-3,6-13,15,17,25,28-29H,1,4-5,14,16,18-21H2,(H,32,35)/t25-,29+/m1/s1. The highest BCUT2D eigenvalue weighted by Gasteiger charge is 2.41. The molecule has 1 amide bonds. The van der Waals surface area contributed by atoms with Crippen LogP contribution in [0, 0.1) is 5.92 Å². The van der Waals surface area contributed by atoms with E-state index in [9.17, 15) is 4.79 Å². The second-order valence-electron chi connectivity index (χ2n) is 10.4. The van der Waals surface area contributed by atoms with E-state index in [4.69, 9.17) is 4.74 Å². The summed E-state index contributed by atoms with van der Waals surface area (Å²) in [7, 11) is 0. The molecule has 3 fully saturated rings. The Balaban J connectivity index is 1.03. The van der Waals surface area contributed by atoms with Crippen LogP contribution in [-0.2, 0) is 17.9 Å². The molecule has 0 bridgehead atoms. The number of anilines is 2. The summed E-state index contributed by atoms with van der Waals surface area (Å²) in [6.07, 6.45) is 9.06. The van der Waals surface area contributed by atoms with Crippen molar-refractivity contribution in [1.82, 2.24) is 9.88 Å². The second-order valence-corrected chi connectivity index (χ2v) is 10.4. The van der Waals surface area contributed by atoms with E-state index in [1.54, 1.807) is 0 Å². The molecule has 2 saturated heterocycles. The van der Waals surface area contributed by atoms with Crippen molar-refractivity contribution in [3.05, 3.63) is 89.7 Å². The van der Waals surface area contributed by atoms with Crippen LogP contribution < -0.4 is 10.2 Å². The molecule has 1 N–H and O–H groups in total. The fourth-order valence-electron chi connectivity index (χ4n) is 5.69. The van der Waals surface area contributed by atoms with Crippen molar-refractivity contribution in [2.45, 2.75) is 51.0 Å². The van der Waals surface area contributed by atoms with Crippen molar-refractivity contribution in [3.63, 3.8) is 0 Å². The molecule has 6 heteroatoms. The Kier molecular flexibility index (Phi) is 6.71. The van der Waals surface area contributed by atoms with Gasteiger partial charge >= 0.3 is 0 Å². The first-order valence-corrected chi connectivity index (χ1v) is 13.2. The molecule has 1 aliphatic carbocycles. The van der Waals surface area contributed by atoms with Crippen LogP contribution in [0.4, 0.5) is 11.4 Å². The van der Waals surface area contributed by atoms with Gasteiger partial charge in [0.15, 0.2) is 0 Å². The lowest BCUT2D eigenvalue weighted by Gasteiger charge is -2.27. The average molecular weight is 483 g/mol. The molecule has 3 heterocycles. The van der Waals surface area contributed by atoms with E-state index in [1.807, 2.05) is 54.9 Å². The van der Waals surface area contributed by atoms with Crippen LogP contribution in [0.3, 0.4) is 0 Å². The fraction of sp³-hybridized carbons (Fsp3) is 0.400. The summed E-state index contributed by atoms with van der Waals surface area (Å²) in [5, 5.41) is 3.04. The Labute approximate surface area is 213 Å². The van der Waals surface area contributed by atoms with Gasteiger partial charge in [-0.2, -0.15) is 0 Å². The third kappa shape index (κ3) is 5.15. The van der Waals surface area contributed by atoms with Crippen LogP contribution in [0.25, 0.3) is 0 Å². The smallest absolute Gasteiger partial charge is 0.255 e. The number of carbonyl (C=O) groups excluding carboxylic acids is 1. The highest BCUT2D eigenvalue weighted by Crippen LogP contribution is 2.36. The summed E-state index contributed by atoms with van der Waals surface area (Å²) in [6.45, 7) is 4.91. The first-order chi connectivity index (χ1) is 17.7. The topological polar surface area (TPSA) is 57.7 Å². The van der Waals surface area contributed by atoms with Gasteiger partial charge in [0.05, 0.1) is 12.7 Å². The number of amides is 1. The number of likely N-dealkylation sites (tertiary alicyclic amines) is 1. The van der Waals surface area contributed by atoms with Gasteiger partial charge in [0.1, 0.15) is 0 Å². The molecule has 6 nitrogen and oxygen atoms in total. The van der Waals surface area contributed by atoms with Crippen LogP contribution in [-0.4, -0.2) is 47.6 Å². The molecule has 0 unspecified atom stereocenters. The number of fused-ring (bicyclic) bond motifs is 1. The molecule has 6 rings (SSSR count). The van der Waals surface area contributed by atoms with Gasteiger partial charge in [-0.1, -0.05) is 18.2 Å². The first-order valence-electron chi connectivity index (χ1n) is 13.2. The minimum atomic E-state index is -0.0858. The Morgan fingerprint density at radius 3 is 2.53 bits per heavy atom. The Morgan fingerprint density at radius 2 is 1.81 bits per heavy atom. The predicted octanol–water partition coefficient (Wildman–Crippen LogP) is 5.11. The molecule has 1 aromatic heterocycles. The maximum absolute atomic E-state index is 12.8. The number of rotatable bonds is 8. The van der Waals surface area contributed by atoms with Crippen molar-refractivity contribution in [2.75, 3.05) is 29.9 Å². The van der Waals surface area contributed by atoms with Gasteiger partial charge in [-0.3, -0.25) is 14.7 Å². The predicted molar refractivity (Wildman–Crippen MR) is 142 cm³/mol. The lowest BCUT2D eigenvalue weighted by Crippen LogP contribution is -2.35. The number of hydrogen-bond donors (Lipinski definition) is 1. The van der Waals surface area contributed by atoms with E-state index >= 15 is 0 Å². The van der Waals surface area contributed by atoms with Crippen LogP contribution in [0.2, 0.25) is 0 Å². The summed E-state index contributed by atoms with van der Waals surface area (Å²) in [5.41, 5.74) is 5.10. The van der Waals surface area contributed by atoms with Crippen LogP contribution in [0.5, 0.6) is 0 Å². The Hall–Kier alpha value is -3.22. The summed E-state index contributed by atoms with van der Waals surface area (Å²) in [6, 6.07) is 20.8. The van der Waals surface area contributed by atoms with E-state index in [0.29, 0.717) is 30.2 Å². The minimum Gasteiger partial charge on any atom is -0.374 e.